The monoisotopic (exact) mass is 399 g/mol. The number of rotatable bonds is 7. The molecule has 3 rings (SSSR count). The molecule has 0 unspecified atom stereocenters. The summed E-state index contributed by atoms with van der Waals surface area (Å²) in [5, 5.41) is 3.76. The zero-order chi connectivity index (χ0) is 20.3. The van der Waals surface area contributed by atoms with Crippen LogP contribution in [0.4, 0.5) is 5.69 Å². The van der Waals surface area contributed by atoms with E-state index in [0.29, 0.717) is 17.9 Å². The van der Waals surface area contributed by atoms with E-state index in [4.69, 9.17) is 0 Å². The van der Waals surface area contributed by atoms with Gasteiger partial charge in [0.25, 0.3) is 5.91 Å². The molecule has 0 radical (unpaired) electrons. The number of benzene rings is 2. The van der Waals surface area contributed by atoms with Crippen LogP contribution >= 0.6 is 0 Å². The largest absolute Gasteiger partial charge is 0.351 e. The Hall–Kier alpha value is -2.64. The van der Waals surface area contributed by atoms with E-state index in [9.17, 15) is 13.2 Å². The third-order valence-electron chi connectivity index (χ3n) is 4.56. The van der Waals surface area contributed by atoms with Gasteiger partial charge in [-0.1, -0.05) is 25.5 Å². The van der Waals surface area contributed by atoms with E-state index in [1.54, 1.807) is 12.1 Å². The van der Waals surface area contributed by atoms with Crippen molar-refractivity contribution in [1.82, 2.24) is 9.71 Å². The Morgan fingerprint density at radius 1 is 1.11 bits per heavy atom. The highest BCUT2D eigenvalue weighted by Crippen LogP contribution is 2.22. The number of hydrogen-bond acceptors (Lipinski definition) is 3. The van der Waals surface area contributed by atoms with Crippen LogP contribution in [0.2, 0.25) is 0 Å². The summed E-state index contributed by atoms with van der Waals surface area (Å²) in [7, 11) is -3.60. The van der Waals surface area contributed by atoms with Crippen LogP contribution in [-0.4, -0.2) is 25.9 Å². The average molecular weight is 400 g/mol. The number of unbranched alkanes of at least 4 members (excludes halogenated alkanes) is 1. The van der Waals surface area contributed by atoms with E-state index in [-0.39, 0.29) is 10.8 Å². The van der Waals surface area contributed by atoms with Gasteiger partial charge in [0.2, 0.25) is 10.0 Å². The summed E-state index contributed by atoms with van der Waals surface area (Å²) in [6.45, 7) is 6.40. The molecule has 0 spiro atoms. The summed E-state index contributed by atoms with van der Waals surface area (Å²) in [6.07, 6.45) is 1.68. The maximum atomic E-state index is 12.6. The molecule has 6 nitrogen and oxygen atoms in total. The highest BCUT2D eigenvalue weighted by atomic mass is 32.2. The summed E-state index contributed by atoms with van der Waals surface area (Å²) in [4.78, 5) is 15.9. The van der Waals surface area contributed by atoms with Crippen LogP contribution in [-0.2, 0) is 10.0 Å². The lowest BCUT2D eigenvalue weighted by Gasteiger charge is -2.09. The summed E-state index contributed by atoms with van der Waals surface area (Å²) >= 11 is 0. The fourth-order valence-electron chi connectivity index (χ4n) is 3.13. The molecule has 0 aliphatic rings. The van der Waals surface area contributed by atoms with Crippen molar-refractivity contribution < 1.29 is 13.2 Å². The number of carbonyl (C=O) groups is 1. The van der Waals surface area contributed by atoms with Crippen LogP contribution in [0.15, 0.2) is 47.4 Å². The van der Waals surface area contributed by atoms with Gasteiger partial charge in [-0.15, -0.1) is 0 Å². The quantitative estimate of drug-likeness (QED) is 0.522. The van der Waals surface area contributed by atoms with Gasteiger partial charge in [-0.3, -0.25) is 4.79 Å². The number of nitrogens with one attached hydrogen (secondary N) is 3. The van der Waals surface area contributed by atoms with Gasteiger partial charge >= 0.3 is 0 Å². The number of aryl methyl sites for hydroxylation is 2. The smallest absolute Gasteiger partial charge is 0.272 e. The number of aromatic nitrogens is 1. The molecule has 1 heterocycles. The van der Waals surface area contributed by atoms with Gasteiger partial charge in [-0.25, -0.2) is 13.1 Å². The van der Waals surface area contributed by atoms with Crippen molar-refractivity contribution in [3.05, 3.63) is 59.3 Å². The molecular formula is C21H25N3O3S. The van der Waals surface area contributed by atoms with Crippen LogP contribution in [0.5, 0.6) is 0 Å². The normalized spacial score (nSPS) is 11.7. The highest BCUT2D eigenvalue weighted by molar-refractivity contribution is 7.89. The van der Waals surface area contributed by atoms with Crippen molar-refractivity contribution in [2.24, 2.45) is 0 Å². The molecule has 0 aliphatic heterocycles. The lowest BCUT2D eigenvalue weighted by molar-refractivity contribution is 0.102. The number of carbonyl (C=O) groups excluding carboxylic acids is 1. The number of sulfonamides is 1. The molecule has 7 heteroatoms. The van der Waals surface area contributed by atoms with E-state index in [2.05, 4.69) is 21.1 Å². The van der Waals surface area contributed by atoms with Gasteiger partial charge in [0.1, 0.15) is 5.69 Å². The second-order valence-electron chi connectivity index (χ2n) is 6.96. The topological polar surface area (TPSA) is 91.1 Å². The van der Waals surface area contributed by atoms with E-state index in [0.717, 1.165) is 34.9 Å². The summed E-state index contributed by atoms with van der Waals surface area (Å²) < 4.78 is 27.3. The molecule has 0 saturated heterocycles. The minimum Gasteiger partial charge on any atom is -0.351 e. The lowest BCUT2D eigenvalue weighted by atomic mass is 10.1. The molecule has 0 saturated carbocycles. The number of hydrogen-bond donors (Lipinski definition) is 3. The molecule has 0 atom stereocenters. The van der Waals surface area contributed by atoms with Crippen molar-refractivity contribution in [3.63, 3.8) is 0 Å². The third-order valence-corrected chi connectivity index (χ3v) is 6.02. The first-order valence-electron chi connectivity index (χ1n) is 9.31. The molecule has 1 amide bonds. The molecule has 148 valence electrons. The number of H-pyrrole nitrogens is 1. The minimum atomic E-state index is -3.60. The van der Waals surface area contributed by atoms with Crippen LogP contribution in [0.3, 0.4) is 0 Å². The number of amides is 1. The fraction of sp³-hybridized carbons (Fsp3) is 0.286. The first-order valence-corrected chi connectivity index (χ1v) is 10.8. The van der Waals surface area contributed by atoms with E-state index in [1.807, 2.05) is 32.9 Å². The highest BCUT2D eigenvalue weighted by Gasteiger charge is 2.16. The van der Waals surface area contributed by atoms with Gasteiger partial charge in [0.15, 0.2) is 0 Å². The number of fused-ring (bicyclic) bond motifs is 1. The predicted octanol–water partition coefficient (Wildman–Crippen LogP) is 4.12. The standard InChI is InChI=1S/C21H25N3O3S/c1-4-5-9-22-28(26,27)17-8-6-7-16(12-17)23-21(25)20-13-18-15(3)10-14(2)11-19(18)24-20/h6-8,10-13,22,24H,4-5,9H2,1-3H3,(H,23,25). The average Bonchev–Trinajstić information content (AvgIpc) is 3.06. The zero-order valence-electron chi connectivity index (χ0n) is 16.3. The van der Waals surface area contributed by atoms with Gasteiger partial charge in [-0.05, 0) is 61.7 Å². The van der Waals surface area contributed by atoms with Crippen molar-refractivity contribution in [2.75, 3.05) is 11.9 Å². The fourth-order valence-corrected chi connectivity index (χ4v) is 4.25. The molecule has 0 bridgehead atoms. The van der Waals surface area contributed by atoms with Crippen molar-refractivity contribution in [2.45, 2.75) is 38.5 Å². The Kier molecular flexibility index (Phi) is 5.86. The first-order chi connectivity index (χ1) is 13.3. The molecule has 0 aliphatic carbocycles. The summed E-state index contributed by atoms with van der Waals surface area (Å²) in [6, 6.07) is 12.1. The van der Waals surface area contributed by atoms with Gasteiger partial charge in [-0.2, -0.15) is 0 Å². The molecule has 28 heavy (non-hydrogen) atoms. The Balaban J connectivity index is 1.80. The second-order valence-corrected chi connectivity index (χ2v) is 8.73. The molecule has 2 aromatic carbocycles. The molecule has 3 aromatic rings. The molecule has 1 aromatic heterocycles. The zero-order valence-corrected chi connectivity index (χ0v) is 17.1. The van der Waals surface area contributed by atoms with Crippen molar-refractivity contribution >= 4 is 32.5 Å². The Morgan fingerprint density at radius 3 is 2.64 bits per heavy atom. The summed E-state index contributed by atoms with van der Waals surface area (Å²) in [5.41, 5.74) is 3.97. The van der Waals surface area contributed by atoms with Gasteiger partial charge in [0, 0.05) is 23.1 Å². The minimum absolute atomic E-state index is 0.129. The van der Waals surface area contributed by atoms with Crippen molar-refractivity contribution in [1.29, 1.82) is 0 Å². The Bertz CT molecular complexity index is 1120. The van der Waals surface area contributed by atoms with Gasteiger partial charge < -0.3 is 10.3 Å². The number of anilines is 1. The van der Waals surface area contributed by atoms with Crippen LogP contribution in [0.25, 0.3) is 10.9 Å². The van der Waals surface area contributed by atoms with Crippen molar-refractivity contribution in [3.8, 4) is 0 Å². The summed E-state index contributed by atoms with van der Waals surface area (Å²) in [5.74, 6) is -0.318. The molecular weight excluding hydrogens is 374 g/mol. The van der Waals surface area contributed by atoms with E-state index >= 15 is 0 Å². The lowest BCUT2D eigenvalue weighted by Crippen LogP contribution is -2.24. The van der Waals surface area contributed by atoms with Crippen LogP contribution in [0.1, 0.15) is 41.4 Å². The SMILES string of the molecule is CCCCNS(=O)(=O)c1cccc(NC(=O)c2cc3c(C)cc(C)cc3[nH]2)c1. The Morgan fingerprint density at radius 2 is 1.89 bits per heavy atom. The maximum absolute atomic E-state index is 12.6. The second kappa shape index (κ2) is 8.16. The molecule has 0 fully saturated rings. The number of aromatic amines is 1. The van der Waals surface area contributed by atoms with E-state index in [1.165, 1.54) is 12.1 Å². The predicted molar refractivity (Wildman–Crippen MR) is 112 cm³/mol. The molecule has 3 N–H and O–H groups in total. The van der Waals surface area contributed by atoms with E-state index < -0.39 is 10.0 Å². The Labute approximate surface area is 165 Å². The van der Waals surface area contributed by atoms with Crippen LogP contribution < -0.4 is 10.0 Å². The van der Waals surface area contributed by atoms with Gasteiger partial charge in [0.05, 0.1) is 4.90 Å². The third kappa shape index (κ3) is 4.43. The van der Waals surface area contributed by atoms with Crippen LogP contribution in [0, 0.1) is 13.8 Å². The first kappa shape index (κ1) is 20.1. The maximum Gasteiger partial charge on any atom is 0.272 e.